The molecule has 2 aromatic carbocycles. The molecule has 0 saturated carbocycles. The van der Waals surface area contributed by atoms with Crippen molar-refractivity contribution >= 4 is 11.8 Å². The molecule has 0 heterocycles. The van der Waals surface area contributed by atoms with Crippen LogP contribution in [0.4, 0.5) is 0 Å². The third-order valence-corrected chi connectivity index (χ3v) is 4.13. The highest BCUT2D eigenvalue weighted by Crippen LogP contribution is 2.29. The molecule has 0 aromatic heterocycles. The molecule has 0 aliphatic heterocycles. The Morgan fingerprint density at radius 2 is 1.74 bits per heavy atom. The largest absolute Gasteiger partial charge is 0.496 e. The number of ether oxygens (including phenoxy) is 1. The van der Waals surface area contributed by atoms with E-state index in [4.69, 9.17) is 4.74 Å². The Balaban J connectivity index is 2.08. The number of methoxy groups -OCH3 is 1. The lowest BCUT2D eigenvalue weighted by molar-refractivity contribution is 0.404. The fraction of sp³-hybridized carbons (Fsp3) is 0.250. The third-order valence-electron chi connectivity index (χ3n) is 3.02. The Labute approximate surface area is 119 Å². The third kappa shape index (κ3) is 3.75. The highest BCUT2D eigenvalue weighted by molar-refractivity contribution is 7.99. The highest BCUT2D eigenvalue weighted by Gasteiger charge is 2.14. The lowest BCUT2D eigenvalue weighted by Gasteiger charge is -2.19. The molecule has 0 fully saturated rings. The molecule has 3 heteroatoms. The number of hydrogen-bond acceptors (Lipinski definition) is 3. The molecule has 0 aliphatic carbocycles. The molecule has 0 amide bonds. The smallest absolute Gasteiger partial charge is 0.123 e. The van der Waals surface area contributed by atoms with Crippen molar-refractivity contribution < 1.29 is 4.74 Å². The number of nitrogens with one attached hydrogen (secondary N) is 1. The first-order valence-corrected chi connectivity index (χ1v) is 7.31. The van der Waals surface area contributed by atoms with Crippen LogP contribution in [0, 0.1) is 0 Å². The second-order valence-electron chi connectivity index (χ2n) is 4.21. The normalized spacial score (nSPS) is 12.1. The van der Waals surface area contributed by atoms with Crippen molar-refractivity contribution in [1.29, 1.82) is 0 Å². The van der Waals surface area contributed by atoms with Gasteiger partial charge in [0, 0.05) is 22.3 Å². The van der Waals surface area contributed by atoms with Gasteiger partial charge in [0.2, 0.25) is 0 Å². The van der Waals surface area contributed by atoms with Gasteiger partial charge in [0.1, 0.15) is 5.75 Å². The van der Waals surface area contributed by atoms with E-state index < -0.39 is 0 Å². The minimum absolute atomic E-state index is 0.279. The highest BCUT2D eigenvalue weighted by atomic mass is 32.2. The van der Waals surface area contributed by atoms with Gasteiger partial charge in [-0.3, -0.25) is 0 Å². The number of rotatable bonds is 6. The van der Waals surface area contributed by atoms with Gasteiger partial charge >= 0.3 is 0 Å². The van der Waals surface area contributed by atoms with Gasteiger partial charge in [-0.1, -0.05) is 36.4 Å². The molecule has 0 radical (unpaired) electrons. The van der Waals surface area contributed by atoms with Crippen LogP contribution in [0.5, 0.6) is 5.75 Å². The van der Waals surface area contributed by atoms with Gasteiger partial charge in [-0.2, -0.15) is 0 Å². The van der Waals surface area contributed by atoms with Crippen molar-refractivity contribution in [2.24, 2.45) is 0 Å². The van der Waals surface area contributed by atoms with Crippen LogP contribution in [-0.4, -0.2) is 19.9 Å². The van der Waals surface area contributed by atoms with Gasteiger partial charge < -0.3 is 10.1 Å². The van der Waals surface area contributed by atoms with Crippen molar-refractivity contribution in [1.82, 2.24) is 5.32 Å². The summed E-state index contributed by atoms with van der Waals surface area (Å²) >= 11 is 1.85. The fourth-order valence-electron chi connectivity index (χ4n) is 1.98. The van der Waals surface area contributed by atoms with Gasteiger partial charge in [-0.05, 0) is 25.2 Å². The van der Waals surface area contributed by atoms with E-state index in [1.165, 1.54) is 10.5 Å². The first kappa shape index (κ1) is 14.0. The summed E-state index contributed by atoms with van der Waals surface area (Å²) in [5, 5.41) is 3.36. The summed E-state index contributed by atoms with van der Waals surface area (Å²) < 4.78 is 5.43. The molecule has 2 rings (SSSR count). The van der Waals surface area contributed by atoms with Crippen LogP contribution in [0.3, 0.4) is 0 Å². The Morgan fingerprint density at radius 1 is 1.05 bits per heavy atom. The molecule has 1 unspecified atom stereocenters. The van der Waals surface area contributed by atoms with E-state index in [0.29, 0.717) is 0 Å². The maximum Gasteiger partial charge on any atom is 0.123 e. The van der Waals surface area contributed by atoms with E-state index >= 15 is 0 Å². The fourth-order valence-corrected chi connectivity index (χ4v) is 3.03. The maximum absolute atomic E-state index is 5.43. The van der Waals surface area contributed by atoms with Gasteiger partial charge in [-0.25, -0.2) is 0 Å². The number of para-hydroxylation sites is 1. The first-order valence-electron chi connectivity index (χ1n) is 6.33. The van der Waals surface area contributed by atoms with Crippen molar-refractivity contribution in [3.8, 4) is 5.75 Å². The Kier molecular flexibility index (Phi) is 5.31. The summed E-state index contributed by atoms with van der Waals surface area (Å²) in [5.41, 5.74) is 1.20. The Morgan fingerprint density at radius 3 is 2.42 bits per heavy atom. The zero-order valence-electron chi connectivity index (χ0n) is 11.3. The van der Waals surface area contributed by atoms with E-state index in [-0.39, 0.29) is 6.04 Å². The van der Waals surface area contributed by atoms with Crippen molar-refractivity contribution in [2.75, 3.05) is 19.9 Å². The minimum atomic E-state index is 0.279. The van der Waals surface area contributed by atoms with Crippen LogP contribution in [0.25, 0.3) is 0 Å². The van der Waals surface area contributed by atoms with Crippen LogP contribution < -0.4 is 10.1 Å². The maximum atomic E-state index is 5.43. The van der Waals surface area contributed by atoms with Crippen LogP contribution >= 0.6 is 11.8 Å². The molecule has 0 bridgehead atoms. The molecule has 2 nitrogen and oxygen atoms in total. The topological polar surface area (TPSA) is 21.3 Å². The molecule has 100 valence electrons. The van der Waals surface area contributed by atoms with Crippen molar-refractivity contribution in [3.63, 3.8) is 0 Å². The quantitative estimate of drug-likeness (QED) is 0.810. The van der Waals surface area contributed by atoms with E-state index in [9.17, 15) is 0 Å². The SMILES string of the molecule is CNC(CSc1ccccc1)c1ccccc1OC. The van der Waals surface area contributed by atoms with Gasteiger partial charge in [0.25, 0.3) is 0 Å². The number of thioether (sulfide) groups is 1. The molecule has 0 aliphatic rings. The Bertz CT molecular complexity index is 501. The zero-order valence-corrected chi connectivity index (χ0v) is 12.1. The molecule has 0 spiro atoms. The van der Waals surface area contributed by atoms with Gasteiger partial charge in [0.05, 0.1) is 7.11 Å². The van der Waals surface area contributed by atoms with E-state index in [2.05, 4.69) is 41.7 Å². The second kappa shape index (κ2) is 7.22. The summed E-state index contributed by atoms with van der Waals surface area (Å²) in [7, 11) is 3.71. The Hall–Kier alpha value is -1.45. The molecular weight excluding hydrogens is 254 g/mol. The molecule has 1 N–H and O–H groups in total. The van der Waals surface area contributed by atoms with Gasteiger partial charge in [-0.15, -0.1) is 11.8 Å². The first-order chi connectivity index (χ1) is 9.35. The van der Waals surface area contributed by atoms with Crippen molar-refractivity contribution in [2.45, 2.75) is 10.9 Å². The summed E-state index contributed by atoms with van der Waals surface area (Å²) in [4.78, 5) is 1.29. The average molecular weight is 273 g/mol. The average Bonchev–Trinajstić information content (AvgIpc) is 2.49. The van der Waals surface area contributed by atoms with Crippen molar-refractivity contribution in [3.05, 3.63) is 60.2 Å². The predicted octanol–water partition coefficient (Wildman–Crippen LogP) is 3.75. The lowest BCUT2D eigenvalue weighted by Crippen LogP contribution is -2.19. The van der Waals surface area contributed by atoms with Crippen LogP contribution in [-0.2, 0) is 0 Å². The van der Waals surface area contributed by atoms with Gasteiger partial charge in [0.15, 0.2) is 0 Å². The number of benzene rings is 2. The zero-order chi connectivity index (χ0) is 13.5. The molecule has 2 aromatic rings. The second-order valence-corrected chi connectivity index (χ2v) is 5.30. The molecule has 1 atom stereocenters. The standard InChI is InChI=1S/C16H19NOS/c1-17-15(12-19-13-8-4-3-5-9-13)14-10-6-7-11-16(14)18-2/h3-11,15,17H,12H2,1-2H3. The molecule has 0 saturated heterocycles. The minimum Gasteiger partial charge on any atom is -0.496 e. The van der Waals surface area contributed by atoms with E-state index in [0.717, 1.165) is 11.5 Å². The summed E-state index contributed by atoms with van der Waals surface area (Å²) in [6, 6.07) is 18.9. The molecule has 19 heavy (non-hydrogen) atoms. The van der Waals surface area contributed by atoms with E-state index in [1.54, 1.807) is 7.11 Å². The van der Waals surface area contributed by atoms with Crippen LogP contribution in [0.1, 0.15) is 11.6 Å². The molecular formula is C16H19NOS. The monoisotopic (exact) mass is 273 g/mol. The lowest BCUT2D eigenvalue weighted by atomic mass is 10.1. The summed E-state index contributed by atoms with van der Waals surface area (Å²) in [5.74, 6) is 1.91. The summed E-state index contributed by atoms with van der Waals surface area (Å²) in [6.07, 6.45) is 0. The van der Waals surface area contributed by atoms with E-state index in [1.807, 2.05) is 37.0 Å². The summed E-state index contributed by atoms with van der Waals surface area (Å²) in [6.45, 7) is 0. The van der Waals surface area contributed by atoms with Crippen LogP contribution in [0.15, 0.2) is 59.5 Å². The number of hydrogen-bond donors (Lipinski definition) is 1. The van der Waals surface area contributed by atoms with Crippen LogP contribution in [0.2, 0.25) is 0 Å². The predicted molar refractivity (Wildman–Crippen MR) is 82.0 cm³/mol.